The van der Waals surface area contributed by atoms with Gasteiger partial charge < -0.3 is 14.2 Å². The molecule has 10 heteroatoms. The Morgan fingerprint density at radius 3 is 2.32 bits per heavy atom. The number of imidazole rings is 1. The highest BCUT2D eigenvalue weighted by atomic mass is 19.4. The molecule has 0 bridgehead atoms. The molecule has 1 aromatic carbocycles. The van der Waals surface area contributed by atoms with E-state index in [-0.39, 0.29) is 6.04 Å². The second-order valence-corrected chi connectivity index (χ2v) is 5.87. The van der Waals surface area contributed by atoms with E-state index in [1.807, 2.05) is 25.1 Å². The van der Waals surface area contributed by atoms with Crippen molar-refractivity contribution in [2.24, 2.45) is 0 Å². The van der Waals surface area contributed by atoms with Gasteiger partial charge in [-0.2, -0.15) is 18.2 Å². The molecule has 1 unspecified atom stereocenters. The van der Waals surface area contributed by atoms with Crippen LogP contribution in [0.2, 0.25) is 0 Å². The quantitative estimate of drug-likeness (QED) is 0.693. The van der Waals surface area contributed by atoms with Gasteiger partial charge in [-0.25, -0.2) is 9.78 Å². The molecule has 1 atom stereocenters. The summed E-state index contributed by atoms with van der Waals surface area (Å²) in [4.78, 5) is 18.1. The fourth-order valence-corrected chi connectivity index (χ4v) is 2.71. The van der Waals surface area contributed by atoms with Gasteiger partial charge in [0.25, 0.3) is 0 Å². The molecule has 7 nitrogen and oxygen atoms in total. The van der Waals surface area contributed by atoms with Gasteiger partial charge >= 0.3 is 12.1 Å². The number of carboxylic acid groups (broad SMARTS) is 1. The second-order valence-electron chi connectivity index (χ2n) is 5.87. The molecule has 1 N–H and O–H groups in total. The fraction of sp³-hybridized carbons (Fsp3) is 0.444. The number of aryl methyl sites for hydroxylation is 2. The minimum Gasteiger partial charge on any atom is -0.475 e. The van der Waals surface area contributed by atoms with E-state index in [1.165, 1.54) is 0 Å². The molecule has 0 aliphatic rings. The topological polar surface area (TPSA) is 94.0 Å². The number of benzene rings is 1. The number of carbonyl (C=O) groups is 1. The Labute approximate surface area is 159 Å². The van der Waals surface area contributed by atoms with Crippen LogP contribution >= 0.6 is 0 Å². The molecule has 0 saturated heterocycles. The minimum absolute atomic E-state index is 0.0418. The van der Waals surface area contributed by atoms with E-state index in [1.54, 1.807) is 0 Å². The summed E-state index contributed by atoms with van der Waals surface area (Å²) < 4.78 is 39.4. The predicted molar refractivity (Wildman–Crippen MR) is 94.9 cm³/mol. The SMILES string of the molecule is CCc1noc(C(CC)n2c(CC)nc3ccccc32)n1.O=C(O)C(F)(F)F. The highest BCUT2D eigenvalue weighted by Gasteiger charge is 2.38. The number of alkyl halides is 3. The maximum absolute atomic E-state index is 10.6. The van der Waals surface area contributed by atoms with Gasteiger partial charge in [0.2, 0.25) is 5.89 Å². The van der Waals surface area contributed by atoms with Crippen molar-refractivity contribution in [2.45, 2.75) is 52.3 Å². The lowest BCUT2D eigenvalue weighted by molar-refractivity contribution is -0.192. The van der Waals surface area contributed by atoms with Gasteiger partial charge in [-0.15, -0.1) is 0 Å². The van der Waals surface area contributed by atoms with E-state index in [0.717, 1.165) is 41.9 Å². The third-order valence-corrected chi connectivity index (χ3v) is 4.01. The van der Waals surface area contributed by atoms with Crippen molar-refractivity contribution in [2.75, 3.05) is 0 Å². The number of halogens is 3. The molecular formula is C18H21F3N4O3. The summed E-state index contributed by atoms with van der Waals surface area (Å²) in [6.45, 7) is 6.28. The lowest BCUT2D eigenvalue weighted by Crippen LogP contribution is -2.21. The van der Waals surface area contributed by atoms with E-state index in [9.17, 15) is 13.2 Å². The van der Waals surface area contributed by atoms with Gasteiger partial charge in [0, 0.05) is 12.8 Å². The summed E-state index contributed by atoms with van der Waals surface area (Å²) in [6.07, 6.45) is -2.54. The Bertz CT molecular complexity index is 934. The number of para-hydroxylation sites is 2. The molecule has 0 aliphatic carbocycles. The predicted octanol–water partition coefficient (Wildman–Crippen LogP) is 4.18. The number of hydrogen-bond donors (Lipinski definition) is 1. The van der Waals surface area contributed by atoms with Crippen LogP contribution in [0.1, 0.15) is 50.8 Å². The molecule has 0 aliphatic heterocycles. The van der Waals surface area contributed by atoms with Crippen molar-refractivity contribution < 1.29 is 27.6 Å². The standard InChI is InChI=1S/C16H20N4O.C2HF3O2/c1-4-12(16-18-14(5-2)19-21-16)20-13-10-8-7-9-11(13)17-15(20)6-3;3-2(4,5)1(6)7/h7-10,12H,4-6H2,1-3H3;(H,6,7). The number of aliphatic carboxylic acids is 1. The van der Waals surface area contributed by atoms with Crippen LogP contribution in [0.15, 0.2) is 28.8 Å². The first-order chi connectivity index (χ1) is 13.2. The first kappa shape index (κ1) is 21.4. The molecule has 3 aromatic rings. The van der Waals surface area contributed by atoms with Crippen LogP contribution in [0.5, 0.6) is 0 Å². The Morgan fingerprint density at radius 2 is 1.82 bits per heavy atom. The van der Waals surface area contributed by atoms with Crippen molar-refractivity contribution in [3.63, 3.8) is 0 Å². The molecule has 2 heterocycles. The lowest BCUT2D eigenvalue weighted by atomic mass is 10.2. The first-order valence-corrected chi connectivity index (χ1v) is 8.81. The molecular weight excluding hydrogens is 377 g/mol. The average molecular weight is 398 g/mol. The molecule has 2 aromatic heterocycles. The van der Waals surface area contributed by atoms with Gasteiger partial charge in [0.1, 0.15) is 11.9 Å². The van der Waals surface area contributed by atoms with Gasteiger partial charge in [-0.05, 0) is 18.6 Å². The van der Waals surface area contributed by atoms with Gasteiger partial charge in [0.15, 0.2) is 5.82 Å². The van der Waals surface area contributed by atoms with E-state index in [2.05, 4.69) is 34.6 Å². The average Bonchev–Trinajstić information content (AvgIpc) is 3.27. The van der Waals surface area contributed by atoms with Crippen LogP contribution in [-0.4, -0.2) is 36.9 Å². The fourth-order valence-electron chi connectivity index (χ4n) is 2.71. The number of nitrogens with zero attached hydrogens (tertiary/aromatic N) is 4. The number of hydrogen-bond acceptors (Lipinski definition) is 5. The van der Waals surface area contributed by atoms with E-state index in [4.69, 9.17) is 19.4 Å². The molecule has 3 rings (SSSR count). The number of carboxylic acids is 1. The number of aromatic nitrogens is 4. The molecule has 0 spiro atoms. The van der Waals surface area contributed by atoms with Crippen LogP contribution in [-0.2, 0) is 17.6 Å². The van der Waals surface area contributed by atoms with Crippen molar-refractivity contribution in [3.05, 3.63) is 41.8 Å². The van der Waals surface area contributed by atoms with Crippen LogP contribution in [0, 0.1) is 0 Å². The Balaban J connectivity index is 0.000000345. The van der Waals surface area contributed by atoms with Gasteiger partial charge in [-0.3, -0.25) is 0 Å². The Morgan fingerprint density at radius 1 is 1.18 bits per heavy atom. The van der Waals surface area contributed by atoms with Crippen LogP contribution in [0.4, 0.5) is 13.2 Å². The molecule has 152 valence electrons. The second kappa shape index (κ2) is 8.85. The summed E-state index contributed by atoms with van der Waals surface area (Å²) >= 11 is 0. The van der Waals surface area contributed by atoms with Crippen LogP contribution in [0.25, 0.3) is 11.0 Å². The zero-order valence-electron chi connectivity index (χ0n) is 15.7. The monoisotopic (exact) mass is 398 g/mol. The first-order valence-electron chi connectivity index (χ1n) is 8.81. The largest absolute Gasteiger partial charge is 0.490 e. The van der Waals surface area contributed by atoms with Gasteiger partial charge in [-0.1, -0.05) is 38.1 Å². The van der Waals surface area contributed by atoms with Crippen molar-refractivity contribution in [1.29, 1.82) is 0 Å². The Hall–Kier alpha value is -2.91. The molecule has 28 heavy (non-hydrogen) atoms. The smallest absolute Gasteiger partial charge is 0.475 e. The maximum Gasteiger partial charge on any atom is 0.490 e. The zero-order chi connectivity index (χ0) is 20.9. The van der Waals surface area contributed by atoms with E-state index >= 15 is 0 Å². The van der Waals surface area contributed by atoms with Gasteiger partial charge in [0.05, 0.1) is 11.0 Å². The maximum atomic E-state index is 10.6. The molecule has 0 fully saturated rings. The molecule has 0 saturated carbocycles. The highest BCUT2D eigenvalue weighted by Crippen LogP contribution is 2.28. The zero-order valence-corrected chi connectivity index (χ0v) is 15.7. The third kappa shape index (κ3) is 4.68. The van der Waals surface area contributed by atoms with E-state index in [0.29, 0.717) is 5.89 Å². The summed E-state index contributed by atoms with van der Waals surface area (Å²) in [7, 11) is 0. The van der Waals surface area contributed by atoms with Crippen molar-refractivity contribution in [1.82, 2.24) is 19.7 Å². The Kier molecular flexibility index (Phi) is 6.76. The summed E-state index contributed by atoms with van der Waals surface area (Å²) in [6, 6.07) is 8.24. The highest BCUT2D eigenvalue weighted by molar-refractivity contribution is 5.76. The van der Waals surface area contributed by atoms with E-state index < -0.39 is 12.1 Å². The number of rotatable bonds is 5. The summed E-state index contributed by atoms with van der Waals surface area (Å²) in [5.74, 6) is -0.273. The molecule has 0 radical (unpaired) electrons. The summed E-state index contributed by atoms with van der Waals surface area (Å²) in [5.41, 5.74) is 2.14. The normalized spacial score (nSPS) is 12.5. The number of fused-ring (bicyclic) bond motifs is 1. The third-order valence-electron chi connectivity index (χ3n) is 4.01. The minimum atomic E-state index is -5.08. The molecule has 0 amide bonds. The van der Waals surface area contributed by atoms with Crippen LogP contribution in [0.3, 0.4) is 0 Å². The summed E-state index contributed by atoms with van der Waals surface area (Å²) in [5, 5.41) is 11.2. The van der Waals surface area contributed by atoms with Crippen molar-refractivity contribution >= 4 is 17.0 Å². The lowest BCUT2D eigenvalue weighted by Gasteiger charge is -2.16. The van der Waals surface area contributed by atoms with Crippen LogP contribution < -0.4 is 0 Å². The van der Waals surface area contributed by atoms with Crippen molar-refractivity contribution in [3.8, 4) is 0 Å².